The number of ether oxygens (including phenoxy) is 1. The molecule has 3 heteroatoms. The van der Waals surface area contributed by atoms with Crippen molar-refractivity contribution in [2.75, 3.05) is 7.11 Å². The Morgan fingerprint density at radius 2 is 2.07 bits per heavy atom. The molecule has 0 heterocycles. The van der Waals surface area contributed by atoms with Crippen LogP contribution in [0.3, 0.4) is 0 Å². The summed E-state index contributed by atoms with van der Waals surface area (Å²) in [6.07, 6.45) is 5.11. The number of hydrogen-bond donors (Lipinski definition) is 2. The number of nitrogens with two attached hydrogens (primary N) is 1. The summed E-state index contributed by atoms with van der Waals surface area (Å²) in [6, 6.07) is 9.40. The van der Waals surface area contributed by atoms with Crippen LogP contribution in [0.5, 0.6) is 0 Å². The SMILES string of the molecule is C#CC(NN)C(OC)c1ccccc1. The number of methoxy groups -OCH3 is 1. The zero-order valence-electron chi connectivity index (χ0n) is 8.10. The molecular weight excluding hydrogens is 176 g/mol. The monoisotopic (exact) mass is 190 g/mol. The van der Waals surface area contributed by atoms with Gasteiger partial charge in [-0.25, -0.2) is 5.43 Å². The number of nitrogens with one attached hydrogen (secondary N) is 1. The lowest BCUT2D eigenvalue weighted by Crippen LogP contribution is -2.39. The number of hydrogen-bond acceptors (Lipinski definition) is 3. The molecule has 0 amide bonds. The molecule has 0 saturated heterocycles. The van der Waals surface area contributed by atoms with Gasteiger partial charge in [0, 0.05) is 7.11 Å². The maximum absolute atomic E-state index is 5.32. The highest BCUT2D eigenvalue weighted by atomic mass is 16.5. The highest BCUT2D eigenvalue weighted by molar-refractivity contribution is 5.22. The summed E-state index contributed by atoms with van der Waals surface area (Å²) in [6.45, 7) is 0. The van der Waals surface area contributed by atoms with E-state index in [1.165, 1.54) is 0 Å². The molecule has 2 atom stereocenters. The van der Waals surface area contributed by atoms with Crippen LogP contribution in [-0.2, 0) is 4.74 Å². The molecule has 0 saturated carbocycles. The molecule has 14 heavy (non-hydrogen) atoms. The van der Waals surface area contributed by atoms with Crippen LogP contribution in [-0.4, -0.2) is 13.2 Å². The first-order chi connectivity index (χ1) is 6.83. The predicted molar refractivity (Wildman–Crippen MR) is 56.1 cm³/mol. The fourth-order valence-electron chi connectivity index (χ4n) is 1.33. The maximum Gasteiger partial charge on any atom is 0.112 e. The van der Waals surface area contributed by atoms with Crippen molar-refractivity contribution in [3.8, 4) is 12.3 Å². The fourth-order valence-corrected chi connectivity index (χ4v) is 1.33. The molecule has 3 nitrogen and oxygen atoms in total. The van der Waals surface area contributed by atoms with Gasteiger partial charge in [-0.2, -0.15) is 0 Å². The summed E-state index contributed by atoms with van der Waals surface area (Å²) in [7, 11) is 1.61. The Labute approximate surface area is 84.2 Å². The van der Waals surface area contributed by atoms with Gasteiger partial charge in [0.1, 0.15) is 12.1 Å². The van der Waals surface area contributed by atoms with Gasteiger partial charge in [-0.3, -0.25) is 5.84 Å². The Morgan fingerprint density at radius 3 is 2.50 bits per heavy atom. The number of benzene rings is 1. The van der Waals surface area contributed by atoms with Crippen molar-refractivity contribution < 1.29 is 4.74 Å². The topological polar surface area (TPSA) is 47.3 Å². The highest BCUT2D eigenvalue weighted by Gasteiger charge is 2.19. The molecule has 0 radical (unpaired) electrons. The van der Waals surface area contributed by atoms with Crippen LogP contribution in [0.4, 0.5) is 0 Å². The van der Waals surface area contributed by atoms with E-state index in [0.717, 1.165) is 5.56 Å². The normalized spacial score (nSPS) is 14.4. The summed E-state index contributed by atoms with van der Waals surface area (Å²) in [5, 5.41) is 0. The van der Waals surface area contributed by atoms with Crippen LogP contribution in [0.15, 0.2) is 30.3 Å². The van der Waals surface area contributed by atoms with Crippen LogP contribution in [0.1, 0.15) is 11.7 Å². The Hall–Kier alpha value is -1.34. The van der Waals surface area contributed by atoms with Crippen molar-refractivity contribution >= 4 is 0 Å². The van der Waals surface area contributed by atoms with Gasteiger partial charge in [-0.1, -0.05) is 36.3 Å². The minimum atomic E-state index is -0.317. The average molecular weight is 190 g/mol. The van der Waals surface area contributed by atoms with Gasteiger partial charge in [0.15, 0.2) is 0 Å². The average Bonchev–Trinajstić information content (AvgIpc) is 2.27. The van der Waals surface area contributed by atoms with E-state index in [1.807, 2.05) is 30.3 Å². The van der Waals surface area contributed by atoms with Crippen LogP contribution < -0.4 is 11.3 Å². The first-order valence-corrected chi connectivity index (χ1v) is 4.33. The predicted octanol–water partition coefficient (Wildman–Crippen LogP) is 0.839. The standard InChI is InChI=1S/C11H14N2O/c1-3-10(13-12)11(14-2)9-7-5-4-6-8-9/h1,4-8,10-11,13H,12H2,2H3. The Morgan fingerprint density at radius 1 is 1.43 bits per heavy atom. The lowest BCUT2D eigenvalue weighted by Gasteiger charge is -2.21. The number of rotatable bonds is 4. The van der Waals surface area contributed by atoms with Crippen LogP contribution >= 0.6 is 0 Å². The van der Waals surface area contributed by atoms with Gasteiger partial charge < -0.3 is 4.74 Å². The van der Waals surface area contributed by atoms with Gasteiger partial charge in [0.25, 0.3) is 0 Å². The molecule has 0 aromatic heterocycles. The van der Waals surface area contributed by atoms with Crippen molar-refractivity contribution in [1.29, 1.82) is 0 Å². The third-order valence-corrected chi connectivity index (χ3v) is 2.04. The van der Waals surface area contributed by atoms with Crippen molar-refractivity contribution in [3.05, 3.63) is 35.9 Å². The summed E-state index contributed by atoms with van der Waals surface area (Å²) in [5.74, 6) is 7.86. The van der Waals surface area contributed by atoms with E-state index in [2.05, 4.69) is 11.3 Å². The smallest absolute Gasteiger partial charge is 0.112 e. The lowest BCUT2D eigenvalue weighted by atomic mass is 10.0. The first kappa shape index (κ1) is 10.7. The van der Waals surface area contributed by atoms with Crippen molar-refractivity contribution in [2.24, 2.45) is 5.84 Å². The second-order valence-electron chi connectivity index (χ2n) is 2.88. The Kier molecular flexibility index (Phi) is 4.14. The molecule has 0 aliphatic heterocycles. The van der Waals surface area contributed by atoms with Gasteiger partial charge in [-0.05, 0) is 5.56 Å². The van der Waals surface area contributed by atoms with E-state index >= 15 is 0 Å². The van der Waals surface area contributed by atoms with Gasteiger partial charge >= 0.3 is 0 Å². The minimum absolute atomic E-state index is 0.216. The second-order valence-corrected chi connectivity index (χ2v) is 2.88. The summed E-state index contributed by atoms with van der Waals surface area (Å²) < 4.78 is 5.30. The van der Waals surface area contributed by atoms with Gasteiger partial charge in [-0.15, -0.1) is 6.42 Å². The Bertz CT molecular complexity index is 305. The van der Waals surface area contributed by atoms with E-state index in [9.17, 15) is 0 Å². The van der Waals surface area contributed by atoms with Crippen molar-refractivity contribution in [1.82, 2.24) is 5.43 Å². The fraction of sp³-hybridized carbons (Fsp3) is 0.273. The Balaban J connectivity index is 2.88. The number of hydrazine groups is 1. The minimum Gasteiger partial charge on any atom is -0.374 e. The molecule has 2 unspecified atom stereocenters. The van der Waals surface area contributed by atoms with Crippen molar-refractivity contribution in [2.45, 2.75) is 12.1 Å². The van der Waals surface area contributed by atoms with Crippen LogP contribution in [0.2, 0.25) is 0 Å². The van der Waals surface area contributed by atoms with E-state index in [-0.39, 0.29) is 12.1 Å². The van der Waals surface area contributed by atoms with Crippen LogP contribution in [0, 0.1) is 12.3 Å². The molecular formula is C11H14N2O. The zero-order valence-corrected chi connectivity index (χ0v) is 8.10. The number of terminal acetylenes is 1. The summed E-state index contributed by atoms with van der Waals surface area (Å²) in [4.78, 5) is 0. The maximum atomic E-state index is 5.32. The highest BCUT2D eigenvalue weighted by Crippen LogP contribution is 2.19. The van der Waals surface area contributed by atoms with Gasteiger partial charge in [0.2, 0.25) is 0 Å². The molecule has 1 aromatic rings. The molecule has 1 rings (SSSR count). The molecule has 0 spiro atoms. The molecule has 74 valence electrons. The molecule has 0 aliphatic rings. The first-order valence-electron chi connectivity index (χ1n) is 4.33. The van der Waals surface area contributed by atoms with Crippen LogP contribution in [0.25, 0.3) is 0 Å². The molecule has 1 aromatic carbocycles. The van der Waals surface area contributed by atoms with E-state index in [1.54, 1.807) is 7.11 Å². The molecule has 0 bridgehead atoms. The molecule has 0 fully saturated rings. The summed E-state index contributed by atoms with van der Waals surface area (Å²) >= 11 is 0. The van der Waals surface area contributed by atoms with E-state index in [4.69, 9.17) is 17.0 Å². The quantitative estimate of drug-likeness (QED) is 0.420. The van der Waals surface area contributed by atoms with Gasteiger partial charge in [0.05, 0.1) is 0 Å². The lowest BCUT2D eigenvalue weighted by molar-refractivity contribution is 0.0847. The summed E-state index contributed by atoms with van der Waals surface area (Å²) in [5.41, 5.74) is 3.55. The van der Waals surface area contributed by atoms with E-state index < -0.39 is 0 Å². The van der Waals surface area contributed by atoms with E-state index in [0.29, 0.717) is 0 Å². The zero-order chi connectivity index (χ0) is 10.4. The molecule has 3 N–H and O–H groups in total. The largest absolute Gasteiger partial charge is 0.374 e. The second kappa shape index (κ2) is 5.40. The molecule has 0 aliphatic carbocycles. The third kappa shape index (κ3) is 2.33. The van der Waals surface area contributed by atoms with Crippen molar-refractivity contribution in [3.63, 3.8) is 0 Å². The third-order valence-electron chi connectivity index (χ3n) is 2.04.